The van der Waals surface area contributed by atoms with Crippen molar-refractivity contribution in [1.29, 1.82) is 0 Å². The zero-order valence-electron chi connectivity index (χ0n) is 11.5. The minimum Gasteiger partial charge on any atom is -0.508 e. The molecule has 2 aromatic rings. The number of nitrogens with zero attached hydrogens (tertiary/aromatic N) is 1. The molecule has 3 heteroatoms. The van der Waals surface area contributed by atoms with Crippen molar-refractivity contribution in [2.24, 2.45) is 5.73 Å². The predicted molar refractivity (Wildman–Crippen MR) is 80.5 cm³/mol. The number of nitrogens with two attached hydrogens (primary N) is 1. The molecule has 0 radical (unpaired) electrons. The molecule has 0 saturated heterocycles. The maximum atomic E-state index is 9.58. The van der Waals surface area contributed by atoms with Crippen LogP contribution in [0.5, 0.6) is 5.75 Å². The number of hydrogen-bond donors (Lipinski definition) is 2. The highest BCUT2D eigenvalue weighted by Crippen LogP contribution is 2.30. The number of fused-ring (bicyclic) bond motifs is 1. The third kappa shape index (κ3) is 2.55. The molecule has 0 aliphatic carbocycles. The predicted octanol–water partition coefficient (Wildman–Crippen LogP) is 2.45. The van der Waals surface area contributed by atoms with Crippen molar-refractivity contribution in [2.45, 2.75) is 19.0 Å². The lowest BCUT2D eigenvalue weighted by atomic mass is 9.92. The molecule has 1 aliphatic heterocycles. The van der Waals surface area contributed by atoms with E-state index in [9.17, 15) is 5.11 Å². The van der Waals surface area contributed by atoms with Gasteiger partial charge in [0.25, 0.3) is 0 Å². The van der Waals surface area contributed by atoms with Crippen LogP contribution in [0.4, 0.5) is 0 Å². The SMILES string of the molecule is NCC1c2ccccc2CCN1Cc1cccc(O)c1. The normalized spacial score (nSPS) is 18.8. The summed E-state index contributed by atoms with van der Waals surface area (Å²) < 4.78 is 0. The van der Waals surface area contributed by atoms with Gasteiger partial charge in [-0.15, -0.1) is 0 Å². The maximum absolute atomic E-state index is 9.58. The molecule has 1 aliphatic rings. The van der Waals surface area contributed by atoms with E-state index in [1.165, 1.54) is 11.1 Å². The summed E-state index contributed by atoms with van der Waals surface area (Å²) in [6, 6.07) is 16.3. The summed E-state index contributed by atoms with van der Waals surface area (Å²) in [6.07, 6.45) is 1.06. The molecule has 1 atom stereocenters. The molecule has 2 aromatic carbocycles. The van der Waals surface area contributed by atoms with Crippen LogP contribution >= 0.6 is 0 Å². The molecule has 0 saturated carbocycles. The van der Waals surface area contributed by atoms with Crippen molar-refractivity contribution < 1.29 is 5.11 Å². The van der Waals surface area contributed by atoms with E-state index < -0.39 is 0 Å². The van der Waals surface area contributed by atoms with Gasteiger partial charge in [-0.1, -0.05) is 36.4 Å². The van der Waals surface area contributed by atoms with Gasteiger partial charge in [0.15, 0.2) is 0 Å². The van der Waals surface area contributed by atoms with Gasteiger partial charge < -0.3 is 10.8 Å². The minimum atomic E-state index is 0.266. The molecule has 0 bridgehead atoms. The fourth-order valence-corrected chi connectivity index (χ4v) is 3.06. The van der Waals surface area contributed by atoms with E-state index in [0.29, 0.717) is 12.3 Å². The number of phenolic OH excluding ortho intramolecular Hbond substituents is 1. The van der Waals surface area contributed by atoms with Gasteiger partial charge in [0, 0.05) is 25.7 Å². The minimum absolute atomic E-state index is 0.266. The standard InChI is InChI=1S/C17H20N2O/c18-11-17-16-7-2-1-5-14(16)8-9-19(17)12-13-4-3-6-15(20)10-13/h1-7,10,17,20H,8-9,11-12,18H2. The third-order valence-corrected chi connectivity index (χ3v) is 4.04. The average molecular weight is 268 g/mol. The Balaban J connectivity index is 1.84. The Kier molecular flexibility index (Phi) is 3.72. The molecule has 104 valence electrons. The molecular formula is C17H20N2O. The Morgan fingerprint density at radius 1 is 1.15 bits per heavy atom. The van der Waals surface area contributed by atoms with Gasteiger partial charge >= 0.3 is 0 Å². The van der Waals surface area contributed by atoms with Crippen molar-refractivity contribution in [3.05, 3.63) is 65.2 Å². The summed E-state index contributed by atoms with van der Waals surface area (Å²) in [5.74, 6) is 0.323. The van der Waals surface area contributed by atoms with Crippen molar-refractivity contribution in [1.82, 2.24) is 4.90 Å². The fraction of sp³-hybridized carbons (Fsp3) is 0.294. The quantitative estimate of drug-likeness (QED) is 0.899. The summed E-state index contributed by atoms with van der Waals surface area (Å²) >= 11 is 0. The van der Waals surface area contributed by atoms with E-state index in [0.717, 1.165) is 25.1 Å². The summed E-state index contributed by atoms with van der Waals surface area (Å²) in [5.41, 5.74) is 9.89. The Morgan fingerprint density at radius 3 is 2.80 bits per heavy atom. The van der Waals surface area contributed by atoms with E-state index in [2.05, 4.69) is 29.2 Å². The third-order valence-electron chi connectivity index (χ3n) is 4.04. The molecule has 0 fully saturated rings. The monoisotopic (exact) mass is 268 g/mol. The van der Waals surface area contributed by atoms with Crippen LogP contribution in [0.15, 0.2) is 48.5 Å². The number of rotatable bonds is 3. The molecule has 0 amide bonds. The van der Waals surface area contributed by atoms with Gasteiger partial charge in [0.2, 0.25) is 0 Å². The molecule has 1 unspecified atom stereocenters. The summed E-state index contributed by atoms with van der Waals surface area (Å²) in [4.78, 5) is 2.40. The molecule has 3 N–H and O–H groups in total. The van der Waals surface area contributed by atoms with Crippen LogP contribution in [0.3, 0.4) is 0 Å². The smallest absolute Gasteiger partial charge is 0.115 e. The molecular weight excluding hydrogens is 248 g/mol. The van der Waals surface area contributed by atoms with Gasteiger partial charge in [0.05, 0.1) is 0 Å². The lowest BCUT2D eigenvalue weighted by Crippen LogP contribution is -2.38. The van der Waals surface area contributed by atoms with E-state index in [1.54, 1.807) is 6.07 Å². The second-order valence-corrected chi connectivity index (χ2v) is 5.34. The van der Waals surface area contributed by atoms with Crippen LogP contribution in [0, 0.1) is 0 Å². The number of phenols is 1. The number of benzene rings is 2. The summed E-state index contributed by atoms with van der Waals surface area (Å²) in [6.45, 7) is 2.45. The zero-order valence-corrected chi connectivity index (χ0v) is 11.5. The summed E-state index contributed by atoms with van der Waals surface area (Å²) in [5, 5.41) is 9.58. The highest BCUT2D eigenvalue weighted by Gasteiger charge is 2.25. The Morgan fingerprint density at radius 2 is 2.00 bits per heavy atom. The van der Waals surface area contributed by atoms with Crippen LogP contribution < -0.4 is 5.73 Å². The highest BCUT2D eigenvalue weighted by molar-refractivity contribution is 5.33. The zero-order chi connectivity index (χ0) is 13.9. The number of hydrogen-bond acceptors (Lipinski definition) is 3. The first-order chi connectivity index (χ1) is 9.78. The van der Waals surface area contributed by atoms with Crippen LogP contribution in [0.1, 0.15) is 22.7 Å². The van der Waals surface area contributed by atoms with Crippen molar-refractivity contribution >= 4 is 0 Å². The second-order valence-electron chi connectivity index (χ2n) is 5.34. The van der Waals surface area contributed by atoms with E-state index in [-0.39, 0.29) is 6.04 Å². The molecule has 1 heterocycles. The molecule has 3 rings (SSSR count). The van der Waals surface area contributed by atoms with Crippen LogP contribution in [-0.4, -0.2) is 23.1 Å². The van der Waals surface area contributed by atoms with E-state index in [4.69, 9.17) is 5.73 Å². The molecule has 0 spiro atoms. The highest BCUT2D eigenvalue weighted by atomic mass is 16.3. The molecule has 0 aromatic heterocycles. The van der Waals surface area contributed by atoms with Crippen LogP contribution in [0.25, 0.3) is 0 Å². The second kappa shape index (κ2) is 5.65. The topological polar surface area (TPSA) is 49.5 Å². The van der Waals surface area contributed by atoms with Gasteiger partial charge in [-0.3, -0.25) is 4.90 Å². The van der Waals surface area contributed by atoms with Gasteiger partial charge in [-0.2, -0.15) is 0 Å². The van der Waals surface area contributed by atoms with Crippen molar-refractivity contribution in [2.75, 3.05) is 13.1 Å². The lowest BCUT2D eigenvalue weighted by molar-refractivity contribution is 0.181. The first-order valence-electron chi connectivity index (χ1n) is 7.08. The largest absolute Gasteiger partial charge is 0.508 e. The Bertz CT molecular complexity index is 597. The van der Waals surface area contributed by atoms with Crippen LogP contribution in [-0.2, 0) is 13.0 Å². The maximum Gasteiger partial charge on any atom is 0.115 e. The van der Waals surface area contributed by atoms with E-state index >= 15 is 0 Å². The fourth-order valence-electron chi connectivity index (χ4n) is 3.06. The number of aromatic hydroxyl groups is 1. The van der Waals surface area contributed by atoms with Gasteiger partial charge in [-0.25, -0.2) is 0 Å². The molecule has 20 heavy (non-hydrogen) atoms. The van der Waals surface area contributed by atoms with Gasteiger partial charge in [-0.05, 0) is 35.2 Å². The Hall–Kier alpha value is -1.84. The van der Waals surface area contributed by atoms with E-state index in [1.807, 2.05) is 18.2 Å². The summed E-state index contributed by atoms with van der Waals surface area (Å²) in [7, 11) is 0. The van der Waals surface area contributed by atoms with Crippen molar-refractivity contribution in [3.8, 4) is 5.75 Å². The first-order valence-corrected chi connectivity index (χ1v) is 7.08. The average Bonchev–Trinajstić information content (AvgIpc) is 2.47. The lowest BCUT2D eigenvalue weighted by Gasteiger charge is -2.36. The molecule has 3 nitrogen and oxygen atoms in total. The first kappa shape index (κ1) is 13.2. The van der Waals surface area contributed by atoms with Crippen molar-refractivity contribution in [3.63, 3.8) is 0 Å². The Labute approximate surface area is 119 Å². The van der Waals surface area contributed by atoms with Crippen LogP contribution in [0.2, 0.25) is 0 Å². The van der Waals surface area contributed by atoms with Gasteiger partial charge in [0.1, 0.15) is 5.75 Å².